The first kappa shape index (κ1) is 10.6. The van der Waals surface area contributed by atoms with Crippen LogP contribution in [0.1, 0.15) is 0 Å². The number of hydrogen-bond donors (Lipinski definition) is 2. The Bertz CT molecular complexity index is 443. The van der Waals surface area contributed by atoms with E-state index in [-0.39, 0.29) is 4.90 Å². The van der Waals surface area contributed by atoms with E-state index in [4.69, 9.17) is 11.6 Å². The van der Waals surface area contributed by atoms with Crippen molar-refractivity contribution in [3.8, 4) is 12.3 Å². The molecule has 3 N–H and O–H groups in total. The summed E-state index contributed by atoms with van der Waals surface area (Å²) in [7, 11) is -3.61. The maximum atomic E-state index is 10.9. The maximum absolute atomic E-state index is 10.9. The number of sulfonamides is 1. The monoisotopic (exact) mass is 210 g/mol. The van der Waals surface area contributed by atoms with Crippen LogP contribution in [0, 0.1) is 12.3 Å². The number of nitrogens with one attached hydrogen (secondary N) is 1. The van der Waals surface area contributed by atoms with E-state index < -0.39 is 10.0 Å². The van der Waals surface area contributed by atoms with Crippen LogP contribution in [0.15, 0.2) is 29.2 Å². The lowest BCUT2D eigenvalue weighted by Gasteiger charge is -2.02. The molecule has 1 aromatic carbocycles. The summed E-state index contributed by atoms with van der Waals surface area (Å²) in [5.74, 6) is 2.41. The van der Waals surface area contributed by atoms with E-state index in [0.29, 0.717) is 6.54 Å². The van der Waals surface area contributed by atoms with Crippen molar-refractivity contribution in [3.63, 3.8) is 0 Å². The third kappa shape index (κ3) is 2.76. The molecular formula is C9H10N2O2S. The first-order chi connectivity index (χ1) is 6.54. The Morgan fingerprint density at radius 2 is 1.93 bits per heavy atom. The van der Waals surface area contributed by atoms with Gasteiger partial charge in [-0.1, -0.05) is 5.92 Å². The van der Waals surface area contributed by atoms with E-state index in [1.165, 1.54) is 12.1 Å². The van der Waals surface area contributed by atoms with Crippen LogP contribution in [-0.2, 0) is 10.0 Å². The Morgan fingerprint density at radius 3 is 2.36 bits per heavy atom. The number of nitrogens with two attached hydrogens (primary N) is 1. The highest BCUT2D eigenvalue weighted by Gasteiger charge is 2.05. The molecule has 0 amide bonds. The lowest BCUT2D eigenvalue weighted by Crippen LogP contribution is -2.12. The maximum Gasteiger partial charge on any atom is 0.238 e. The molecule has 1 rings (SSSR count). The summed E-state index contributed by atoms with van der Waals surface area (Å²) < 4.78 is 21.8. The first-order valence-corrected chi connectivity index (χ1v) is 5.39. The molecule has 1 aromatic rings. The van der Waals surface area contributed by atoms with Crippen molar-refractivity contribution >= 4 is 15.7 Å². The van der Waals surface area contributed by atoms with Crippen molar-refractivity contribution in [3.05, 3.63) is 24.3 Å². The van der Waals surface area contributed by atoms with Crippen LogP contribution < -0.4 is 10.5 Å². The number of rotatable bonds is 3. The molecule has 0 aromatic heterocycles. The van der Waals surface area contributed by atoms with Gasteiger partial charge in [-0.2, -0.15) is 0 Å². The number of terminal acetylenes is 1. The average Bonchev–Trinajstić information content (AvgIpc) is 2.14. The summed E-state index contributed by atoms with van der Waals surface area (Å²) in [5.41, 5.74) is 0.760. The number of primary sulfonamides is 1. The van der Waals surface area contributed by atoms with Crippen molar-refractivity contribution in [2.45, 2.75) is 4.90 Å². The molecule has 5 heteroatoms. The second kappa shape index (κ2) is 4.13. The molecule has 0 atom stereocenters. The molecule has 0 saturated carbocycles. The van der Waals surface area contributed by atoms with E-state index in [1.54, 1.807) is 12.1 Å². The molecule has 0 spiro atoms. The molecule has 0 saturated heterocycles. The Labute approximate surface area is 83.2 Å². The molecule has 14 heavy (non-hydrogen) atoms. The second-order valence-electron chi connectivity index (χ2n) is 2.63. The fourth-order valence-corrected chi connectivity index (χ4v) is 1.43. The van der Waals surface area contributed by atoms with E-state index >= 15 is 0 Å². The molecule has 74 valence electrons. The number of benzene rings is 1. The van der Waals surface area contributed by atoms with E-state index in [0.717, 1.165) is 5.69 Å². The zero-order valence-corrected chi connectivity index (χ0v) is 8.21. The highest BCUT2D eigenvalue weighted by molar-refractivity contribution is 7.89. The summed E-state index contributed by atoms with van der Waals surface area (Å²) in [6.07, 6.45) is 5.05. The molecule has 0 aliphatic heterocycles. The zero-order valence-electron chi connectivity index (χ0n) is 7.40. The molecular weight excluding hydrogens is 200 g/mol. The number of anilines is 1. The lowest BCUT2D eigenvalue weighted by atomic mass is 10.3. The van der Waals surface area contributed by atoms with Crippen LogP contribution >= 0.6 is 0 Å². The van der Waals surface area contributed by atoms with Crippen molar-refractivity contribution in [2.24, 2.45) is 5.14 Å². The minimum atomic E-state index is -3.61. The van der Waals surface area contributed by atoms with Crippen LogP contribution in [0.2, 0.25) is 0 Å². The standard InChI is InChI=1S/C9H10N2O2S/c1-2-7-11-8-3-5-9(6-4-8)14(10,12)13/h1,3-6,11H,7H2,(H2,10,12,13). The highest BCUT2D eigenvalue weighted by atomic mass is 32.2. The minimum absolute atomic E-state index is 0.0868. The molecule has 0 heterocycles. The Hall–Kier alpha value is -1.51. The quantitative estimate of drug-likeness (QED) is 0.708. The predicted molar refractivity (Wildman–Crippen MR) is 55.1 cm³/mol. The van der Waals surface area contributed by atoms with Crippen LogP contribution in [0.5, 0.6) is 0 Å². The van der Waals surface area contributed by atoms with Crippen molar-refractivity contribution in [2.75, 3.05) is 11.9 Å². The Morgan fingerprint density at radius 1 is 1.36 bits per heavy atom. The first-order valence-electron chi connectivity index (χ1n) is 3.84. The summed E-state index contributed by atoms with van der Waals surface area (Å²) in [5, 5.41) is 7.83. The SMILES string of the molecule is C#CCNc1ccc(S(N)(=O)=O)cc1. The van der Waals surface area contributed by atoms with Gasteiger partial charge in [-0.25, -0.2) is 13.6 Å². The third-order valence-corrected chi connectivity index (χ3v) is 2.51. The van der Waals surface area contributed by atoms with E-state index in [9.17, 15) is 8.42 Å². The molecule has 0 bridgehead atoms. The van der Waals surface area contributed by atoms with Crippen LogP contribution in [0.4, 0.5) is 5.69 Å². The minimum Gasteiger partial charge on any atom is -0.374 e. The molecule has 0 aliphatic rings. The van der Waals surface area contributed by atoms with Gasteiger partial charge in [-0.15, -0.1) is 6.42 Å². The van der Waals surface area contributed by atoms with Crippen LogP contribution in [0.3, 0.4) is 0 Å². The van der Waals surface area contributed by atoms with Gasteiger partial charge in [-0.3, -0.25) is 0 Å². The van der Waals surface area contributed by atoms with Gasteiger partial charge in [0.15, 0.2) is 0 Å². The van der Waals surface area contributed by atoms with Gasteiger partial charge >= 0.3 is 0 Å². The number of hydrogen-bond acceptors (Lipinski definition) is 3. The smallest absolute Gasteiger partial charge is 0.238 e. The Kier molecular flexibility index (Phi) is 3.12. The fourth-order valence-electron chi connectivity index (χ4n) is 0.916. The summed E-state index contributed by atoms with van der Waals surface area (Å²) in [6.45, 7) is 0.398. The van der Waals surface area contributed by atoms with Gasteiger partial charge in [0.05, 0.1) is 11.4 Å². The van der Waals surface area contributed by atoms with Gasteiger partial charge in [0.2, 0.25) is 10.0 Å². The normalized spacial score (nSPS) is 10.6. The third-order valence-electron chi connectivity index (χ3n) is 1.58. The summed E-state index contributed by atoms with van der Waals surface area (Å²) in [6, 6.07) is 6.07. The summed E-state index contributed by atoms with van der Waals surface area (Å²) >= 11 is 0. The second-order valence-corrected chi connectivity index (χ2v) is 4.19. The lowest BCUT2D eigenvalue weighted by molar-refractivity contribution is 0.598. The predicted octanol–water partition coefficient (Wildman–Crippen LogP) is 0.379. The van der Waals surface area contributed by atoms with Crippen molar-refractivity contribution in [1.82, 2.24) is 0 Å². The molecule has 0 unspecified atom stereocenters. The van der Waals surface area contributed by atoms with Crippen LogP contribution in [0.25, 0.3) is 0 Å². The van der Waals surface area contributed by atoms with Gasteiger partial charge in [0.1, 0.15) is 0 Å². The van der Waals surface area contributed by atoms with E-state index in [1.807, 2.05) is 0 Å². The van der Waals surface area contributed by atoms with E-state index in [2.05, 4.69) is 11.2 Å². The van der Waals surface area contributed by atoms with Crippen molar-refractivity contribution in [1.29, 1.82) is 0 Å². The Balaban J connectivity index is 2.86. The zero-order chi connectivity index (χ0) is 10.6. The van der Waals surface area contributed by atoms with Gasteiger partial charge in [0, 0.05) is 5.69 Å². The topological polar surface area (TPSA) is 72.2 Å². The van der Waals surface area contributed by atoms with Gasteiger partial charge in [-0.05, 0) is 24.3 Å². The fraction of sp³-hybridized carbons (Fsp3) is 0.111. The van der Waals surface area contributed by atoms with Crippen LogP contribution in [-0.4, -0.2) is 15.0 Å². The largest absolute Gasteiger partial charge is 0.374 e. The highest BCUT2D eigenvalue weighted by Crippen LogP contribution is 2.11. The summed E-state index contributed by atoms with van der Waals surface area (Å²) in [4.78, 5) is 0.0868. The average molecular weight is 210 g/mol. The molecule has 0 radical (unpaired) electrons. The van der Waals surface area contributed by atoms with Gasteiger partial charge in [0.25, 0.3) is 0 Å². The molecule has 0 aliphatic carbocycles. The molecule has 4 nitrogen and oxygen atoms in total. The van der Waals surface area contributed by atoms with Crippen molar-refractivity contribution < 1.29 is 8.42 Å². The molecule has 0 fully saturated rings. The van der Waals surface area contributed by atoms with Gasteiger partial charge < -0.3 is 5.32 Å².